The molecule has 0 saturated carbocycles. The number of thiophene rings is 1. The molecule has 0 spiro atoms. The van der Waals surface area contributed by atoms with E-state index in [1.54, 1.807) is 23.5 Å². The molecule has 6 aliphatic rings. The van der Waals surface area contributed by atoms with Gasteiger partial charge in [0.1, 0.15) is 34.8 Å². The smallest absolute Gasteiger partial charge is 0.262 e. The van der Waals surface area contributed by atoms with E-state index in [1.165, 1.54) is 4.88 Å². The third kappa shape index (κ3) is 7.90. The van der Waals surface area contributed by atoms with Crippen molar-refractivity contribution in [2.75, 3.05) is 49.5 Å². The van der Waals surface area contributed by atoms with E-state index in [2.05, 4.69) is 49.4 Å². The number of carbonyl (C=O) groups is 5. The van der Waals surface area contributed by atoms with Gasteiger partial charge in [-0.2, -0.15) is 0 Å². The maximum Gasteiger partial charge on any atom is 0.262 e. The lowest BCUT2D eigenvalue weighted by Gasteiger charge is -2.55. The van der Waals surface area contributed by atoms with Crippen LogP contribution in [0.5, 0.6) is 5.75 Å². The van der Waals surface area contributed by atoms with Gasteiger partial charge >= 0.3 is 0 Å². The van der Waals surface area contributed by atoms with Crippen molar-refractivity contribution in [3.8, 4) is 10.8 Å². The molecule has 16 nitrogen and oxygen atoms in total. The molecule has 2 atom stereocenters. The first-order valence-corrected chi connectivity index (χ1v) is 24.1. The van der Waals surface area contributed by atoms with Crippen LogP contribution in [-0.4, -0.2) is 128 Å². The van der Waals surface area contributed by atoms with Crippen molar-refractivity contribution < 1.29 is 28.7 Å². The van der Waals surface area contributed by atoms with Crippen LogP contribution in [0.3, 0.4) is 0 Å². The van der Waals surface area contributed by atoms with Crippen LogP contribution in [0.4, 0.5) is 11.4 Å². The highest BCUT2D eigenvalue weighted by Gasteiger charge is 2.46. The van der Waals surface area contributed by atoms with Gasteiger partial charge in [0.25, 0.3) is 11.8 Å². The molecule has 5 amide bonds. The summed E-state index contributed by atoms with van der Waals surface area (Å²) in [5.74, 6) is -0.0165. The summed E-state index contributed by atoms with van der Waals surface area (Å²) >= 11 is 7.95. The largest absolute Gasteiger partial charge is 0.490 e. The van der Waals surface area contributed by atoms with Gasteiger partial charge in [-0.1, -0.05) is 23.7 Å². The molecule has 0 aliphatic carbocycles. The Morgan fingerprint density at radius 1 is 0.851 bits per heavy atom. The highest BCUT2D eigenvalue weighted by Crippen LogP contribution is 2.40. The van der Waals surface area contributed by atoms with Gasteiger partial charge in [0.05, 0.1) is 23.3 Å². The number of nitrogens with zero attached hydrogens (tertiary/aromatic N) is 8. The molecular formula is C49H49ClN10O6S. The zero-order valence-electron chi connectivity index (χ0n) is 37.3. The van der Waals surface area contributed by atoms with Crippen LogP contribution in [-0.2, 0) is 14.4 Å². The van der Waals surface area contributed by atoms with Crippen molar-refractivity contribution in [2.45, 2.75) is 83.1 Å². The minimum atomic E-state index is -0.974. The van der Waals surface area contributed by atoms with Crippen LogP contribution in [0, 0.1) is 20.8 Å². The van der Waals surface area contributed by atoms with Crippen LogP contribution in [0.15, 0.2) is 71.7 Å². The Labute approximate surface area is 395 Å². The summed E-state index contributed by atoms with van der Waals surface area (Å²) in [6.45, 7) is 11.8. The van der Waals surface area contributed by atoms with Crippen molar-refractivity contribution in [3.63, 3.8) is 0 Å². The number of aromatic nitrogens is 3. The van der Waals surface area contributed by atoms with Crippen LogP contribution < -0.4 is 20.3 Å². The standard InChI is InChI=1S/C49H49ClN10O6S/c1-26-27(2)67-49-43(26)44(29-4-6-30(50)7-5-29)52-39(45-55-54-28(3)59(45)49)21-42(62)51-31-8-11-35(12-9-31)66-36-16-18-56(19-17-36)33-22-58(23-33)34-24-57(25-34)32-10-13-37-38(20-32)48(65)60(47(37)64)40-14-15-41(61)53-46(40)63/h4-13,20,33-34,36,39-40H,14-19,21-25H2,1-3H3,(H,51,62)(H,53,61,63)/t39-,40?/m0/s1. The number of hydrogen-bond donors (Lipinski definition) is 2. The van der Waals surface area contributed by atoms with Crippen molar-refractivity contribution in [1.82, 2.24) is 34.8 Å². The summed E-state index contributed by atoms with van der Waals surface area (Å²) in [6, 6.07) is 19.9. The molecule has 18 heteroatoms. The third-order valence-corrected chi connectivity index (χ3v) is 15.7. The summed E-state index contributed by atoms with van der Waals surface area (Å²) in [6.07, 6.45) is 2.28. The highest BCUT2D eigenvalue weighted by molar-refractivity contribution is 7.15. The Bertz CT molecular complexity index is 2880. The first-order valence-electron chi connectivity index (χ1n) is 22.9. The number of anilines is 2. The number of fused-ring (bicyclic) bond motifs is 4. The molecular weight excluding hydrogens is 892 g/mol. The van der Waals surface area contributed by atoms with E-state index in [9.17, 15) is 24.0 Å². The molecule has 2 N–H and O–H groups in total. The second kappa shape index (κ2) is 17.1. The second-order valence-electron chi connectivity index (χ2n) is 18.4. The molecule has 4 saturated heterocycles. The molecule has 344 valence electrons. The van der Waals surface area contributed by atoms with Gasteiger partial charge in [-0.3, -0.25) is 53.5 Å². The van der Waals surface area contributed by atoms with Gasteiger partial charge in [-0.25, -0.2) is 0 Å². The number of amides is 5. The second-order valence-corrected chi connectivity index (χ2v) is 20.0. The van der Waals surface area contributed by atoms with Crippen LogP contribution in [0.1, 0.15) is 92.1 Å². The van der Waals surface area contributed by atoms with Gasteiger partial charge < -0.3 is 15.0 Å². The van der Waals surface area contributed by atoms with Crippen molar-refractivity contribution in [3.05, 3.63) is 116 Å². The minimum Gasteiger partial charge on any atom is -0.490 e. The van der Waals surface area contributed by atoms with E-state index in [1.807, 2.05) is 66.1 Å². The topological polar surface area (TPSA) is 175 Å². The lowest BCUT2D eigenvalue weighted by molar-refractivity contribution is -0.136. The van der Waals surface area contributed by atoms with Crippen molar-refractivity contribution in [1.29, 1.82) is 0 Å². The Hall–Kier alpha value is -6.27. The lowest BCUT2D eigenvalue weighted by atomic mass is 9.95. The van der Waals surface area contributed by atoms with E-state index < -0.39 is 35.7 Å². The molecule has 0 radical (unpaired) electrons. The fourth-order valence-electron chi connectivity index (χ4n) is 10.3. The maximum atomic E-state index is 13.7. The maximum absolute atomic E-state index is 13.7. The lowest BCUT2D eigenvalue weighted by Crippen LogP contribution is -2.70. The van der Waals surface area contributed by atoms with E-state index in [0.717, 1.165) is 102 Å². The molecule has 2 aromatic heterocycles. The van der Waals surface area contributed by atoms with E-state index in [0.29, 0.717) is 39.7 Å². The normalized spacial score (nSPS) is 21.5. The van der Waals surface area contributed by atoms with Gasteiger partial charge in [0.15, 0.2) is 5.82 Å². The zero-order valence-corrected chi connectivity index (χ0v) is 38.9. The van der Waals surface area contributed by atoms with E-state index in [-0.39, 0.29) is 31.3 Å². The van der Waals surface area contributed by atoms with Gasteiger partial charge in [-0.15, -0.1) is 21.5 Å². The average Bonchev–Trinajstić information content (AvgIpc) is 3.86. The van der Waals surface area contributed by atoms with Gasteiger partial charge in [-0.05, 0) is 100 Å². The summed E-state index contributed by atoms with van der Waals surface area (Å²) in [7, 11) is 0. The number of rotatable bonds is 10. The van der Waals surface area contributed by atoms with Crippen molar-refractivity contribution in [2.24, 2.45) is 4.99 Å². The Balaban J connectivity index is 0.645. The molecule has 67 heavy (non-hydrogen) atoms. The third-order valence-electron chi connectivity index (χ3n) is 14.2. The summed E-state index contributed by atoms with van der Waals surface area (Å²) in [5.41, 5.74) is 6.04. The number of carbonyl (C=O) groups excluding carboxylic acids is 5. The number of piperidine rings is 2. The van der Waals surface area contributed by atoms with Gasteiger partial charge in [0.2, 0.25) is 17.7 Å². The monoisotopic (exact) mass is 940 g/mol. The number of ether oxygens (including phenoxy) is 1. The number of hydrogen-bond acceptors (Lipinski definition) is 13. The van der Waals surface area contributed by atoms with E-state index >= 15 is 0 Å². The minimum absolute atomic E-state index is 0.0787. The molecule has 1 unspecified atom stereocenters. The van der Waals surface area contributed by atoms with Crippen LogP contribution in [0.25, 0.3) is 5.00 Å². The quantitative estimate of drug-likeness (QED) is 0.166. The average molecular weight is 942 g/mol. The zero-order chi connectivity index (χ0) is 46.2. The number of likely N-dealkylation sites (tertiary alicyclic amines) is 2. The molecule has 4 fully saturated rings. The Morgan fingerprint density at radius 2 is 1.57 bits per heavy atom. The molecule has 3 aromatic carbocycles. The number of imide groups is 2. The SMILES string of the molecule is Cc1sc2c(c1C)C(c1ccc(Cl)cc1)=N[C@@H](CC(=O)Nc1ccc(OC3CCN(C4CN(C5CN(c6ccc7c(c6)C(=O)N(C6CCC(=O)NC6=O)C7=O)C5)C4)CC3)cc1)c1nnc(C)n1-2. The first-order chi connectivity index (χ1) is 32.4. The van der Waals surface area contributed by atoms with Crippen LogP contribution in [0.2, 0.25) is 5.02 Å². The summed E-state index contributed by atoms with van der Waals surface area (Å²) < 4.78 is 8.47. The Kier molecular flexibility index (Phi) is 11.1. The molecule has 0 bridgehead atoms. The summed E-state index contributed by atoms with van der Waals surface area (Å²) in [4.78, 5) is 79.0. The first kappa shape index (κ1) is 43.3. The molecule has 8 heterocycles. The fourth-order valence-corrected chi connectivity index (χ4v) is 11.6. The van der Waals surface area contributed by atoms with E-state index in [4.69, 9.17) is 21.3 Å². The number of aliphatic imine (C=N–C) groups is 1. The predicted octanol–water partition coefficient (Wildman–Crippen LogP) is 5.65. The number of nitrogens with one attached hydrogen (secondary N) is 2. The summed E-state index contributed by atoms with van der Waals surface area (Å²) in [5, 5.41) is 15.9. The Morgan fingerprint density at radius 3 is 2.30 bits per heavy atom. The highest BCUT2D eigenvalue weighted by atomic mass is 35.5. The molecule has 6 aliphatic heterocycles. The van der Waals surface area contributed by atoms with Gasteiger partial charge in [0, 0.05) is 90.2 Å². The number of halogens is 1. The molecule has 5 aromatic rings. The number of aryl methyl sites for hydroxylation is 2. The predicted molar refractivity (Wildman–Crippen MR) is 253 cm³/mol. The van der Waals surface area contributed by atoms with Crippen molar-refractivity contribution >= 4 is 69.6 Å². The molecule has 11 rings (SSSR count). The fraction of sp³-hybridized carbons (Fsp3) is 0.388. The number of benzene rings is 3. The van der Waals surface area contributed by atoms with Crippen LogP contribution >= 0.6 is 22.9 Å².